The van der Waals surface area contributed by atoms with Crippen LogP contribution in [0.5, 0.6) is 0 Å². The van der Waals surface area contributed by atoms with Gasteiger partial charge in [-0.3, -0.25) is 4.79 Å². The van der Waals surface area contributed by atoms with Crippen molar-refractivity contribution < 1.29 is 4.42 Å². The lowest BCUT2D eigenvalue weighted by atomic mass is 10.1. The summed E-state index contributed by atoms with van der Waals surface area (Å²) >= 11 is 6.15. The van der Waals surface area contributed by atoms with E-state index in [4.69, 9.17) is 16.0 Å². The smallest absolute Gasteiger partial charge is 0.349 e. The van der Waals surface area contributed by atoms with Gasteiger partial charge < -0.3 is 9.40 Å². The van der Waals surface area contributed by atoms with Crippen molar-refractivity contribution >= 4 is 28.7 Å². The molecular formula is C20H14ClN3O3. The monoisotopic (exact) mass is 379 g/mol. The van der Waals surface area contributed by atoms with E-state index in [1.165, 1.54) is 6.21 Å². The van der Waals surface area contributed by atoms with Crippen molar-refractivity contribution in [2.45, 2.75) is 6.92 Å². The van der Waals surface area contributed by atoms with Gasteiger partial charge in [-0.15, -0.1) is 4.68 Å². The number of fused-ring (bicyclic) bond motifs is 1. The van der Waals surface area contributed by atoms with Crippen LogP contribution in [0, 0.1) is 6.92 Å². The van der Waals surface area contributed by atoms with Gasteiger partial charge in [-0.1, -0.05) is 35.9 Å². The van der Waals surface area contributed by atoms with Crippen LogP contribution in [-0.2, 0) is 0 Å². The van der Waals surface area contributed by atoms with Gasteiger partial charge in [0.1, 0.15) is 11.5 Å². The average Bonchev–Trinajstić information content (AvgIpc) is 3.12. The molecule has 2 aromatic carbocycles. The summed E-state index contributed by atoms with van der Waals surface area (Å²) in [6.45, 7) is 1.90. The Balaban J connectivity index is 1.72. The third-order valence-corrected chi connectivity index (χ3v) is 4.65. The first-order chi connectivity index (χ1) is 13.0. The Hall–Kier alpha value is -3.38. The van der Waals surface area contributed by atoms with Gasteiger partial charge >= 0.3 is 5.69 Å². The van der Waals surface area contributed by atoms with Crippen LogP contribution in [0.25, 0.3) is 22.2 Å². The van der Waals surface area contributed by atoms with E-state index in [-0.39, 0.29) is 0 Å². The molecule has 0 aliphatic carbocycles. The molecule has 0 unspecified atom stereocenters. The Kier molecular flexibility index (Phi) is 4.25. The molecular weight excluding hydrogens is 366 g/mol. The molecule has 2 heterocycles. The number of H-pyrrole nitrogens is 1. The number of benzene rings is 2. The topological polar surface area (TPSA) is 80.4 Å². The molecule has 0 saturated heterocycles. The number of hydrogen-bond acceptors (Lipinski definition) is 4. The molecule has 1 N–H and O–H groups in total. The minimum Gasteiger partial charge on any atom is -0.455 e. The molecule has 134 valence electrons. The zero-order chi connectivity index (χ0) is 19.0. The van der Waals surface area contributed by atoms with Crippen LogP contribution < -0.4 is 11.2 Å². The molecule has 0 aliphatic rings. The summed E-state index contributed by atoms with van der Waals surface area (Å²) in [5.74, 6) is 1.03. The first-order valence-electron chi connectivity index (χ1n) is 8.18. The zero-order valence-corrected chi connectivity index (χ0v) is 15.0. The predicted octanol–water partition coefficient (Wildman–Crippen LogP) is 3.79. The molecule has 0 amide bonds. The van der Waals surface area contributed by atoms with Crippen molar-refractivity contribution in [3.63, 3.8) is 0 Å². The first-order valence-corrected chi connectivity index (χ1v) is 8.56. The molecule has 7 heteroatoms. The van der Waals surface area contributed by atoms with E-state index in [9.17, 15) is 9.59 Å². The Morgan fingerprint density at radius 1 is 1.07 bits per heavy atom. The first kappa shape index (κ1) is 17.1. The summed E-state index contributed by atoms with van der Waals surface area (Å²) in [4.78, 5) is 27.2. The van der Waals surface area contributed by atoms with E-state index >= 15 is 0 Å². The second-order valence-corrected chi connectivity index (χ2v) is 6.36. The average molecular weight is 380 g/mol. The minimum atomic E-state index is -0.618. The van der Waals surface area contributed by atoms with Crippen LogP contribution in [0.15, 0.2) is 73.7 Å². The van der Waals surface area contributed by atoms with E-state index < -0.39 is 11.2 Å². The number of rotatable bonds is 3. The summed E-state index contributed by atoms with van der Waals surface area (Å²) in [6, 6.07) is 15.8. The number of aromatic nitrogens is 2. The van der Waals surface area contributed by atoms with Gasteiger partial charge in [0.25, 0.3) is 5.56 Å². The molecule has 0 bridgehead atoms. The quantitative estimate of drug-likeness (QED) is 0.550. The van der Waals surface area contributed by atoms with Gasteiger partial charge in [0.2, 0.25) is 0 Å². The molecule has 0 radical (unpaired) electrons. The van der Waals surface area contributed by atoms with E-state index in [0.717, 1.165) is 15.8 Å². The fourth-order valence-corrected chi connectivity index (χ4v) is 2.99. The lowest BCUT2D eigenvalue weighted by molar-refractivity contribution is 0.573. The van der Waals surface area contributed by atoms with Gasteiger partial charge in [0.05, 0.1) is 17.1 Å². The van der Waals surface area contributed by atoms with Crippen molar-refractivity contribution in [1.82, 2.24) is 9.66 Å². The number of furan rings is 1. The van der Waals surface area contributed by atoms with Crippen molar-refractivity contribution in [2.75, 3.05) is 0 Å². The molecule has 0 aliphatic heterocycles. The summed E-state index contributed by atoms with van der Waals surface area (Å²) in [5, 5.41) is 5.01. The number of halogens is 1. The second kappa shape index (κ2) is 6.74. The van der Waals surface area contributed by atoms with E-state index in [2.05, 4.69) is 10.1 Å². The zero-order valence-electron chi connectivity index (χ0n) is 14.3. The number of aromatic amines is 1. The molecule has 0 saturated carbocycles. The Morgan fingerprint density at radius 2 is 1.89 bits per heavy atom. The maximum Gasteiger partial charge on any atom is 0.349 e. The second-order valence-electron chi connectivity index (χ2n) is 5.95. The van der Waals surface area contributed by atoms with Gasteiger partial charge in [-0.25, -0.2) is 4.79 Å². The number of hydrogen-bond donors (Lipinski definition) is 1. The normalized spacial score (nSPS) is 11.5. The van der Waals surface area contributed by atoms with Crippen molar-refractivity contribution in [3.05, 3.63) is 91.8 Å². The van der Waals surface area contributed by atoms with Crippen molar-refractivity contribution in [1.29, 1.82) is 0 Å². The number of nitrogens with one attached hydrogen (secondary N) is 1. The van der Waals surface area contributed by atoms with Crippen molar-refractivity contribution in [2.24, 2.45) is 5.10 Å². The van der Waals surface area contributed by atoms with Gasteiger partial charge in [0, 0.05) is 10.6 Å². The fourth-order valence-electron chi connectivity index (χ4n) is 2.81. The third-order valence-electron chi connectivity index (χ3n) is 4.24. The maximum absolute atomic E-state index is 12.5. The highest BCUT2D eigenvalue weighted by atomic mass is 35.5. The Morgan fingerprint density at radius 3 is 2.74 bits per heavy atom. The van der Waals surface area contributed by atoms with Crippen LogP contribution in [0.1, 0.15) is 11.3 Å². The predicted molar refractivity (Wildman–Crippen MR) is 106 cm³/mol. The molecule has 4 aromatic rings. The van der Waals surface area contributed by atoms with Crippen molar-refractivity contribution in [3.8, 4) is 11.3 Å². The van der Waals surface area contributed by atoms with Crippen LogP contribution >= 0.6 is 11.6 Å². The summed E-state index contributed by atoms with van der Waals surface area (Å²) in [5.41, 5.74) is 1.12. The molecule has 0 fully saturated rings. The van der Waals surface area contributed by atoms with Crippen LogP contribution in [0.4, 0.5) is 0 Å². The largest absolute Gasteiger partial charge is 0.455 e. The minimum absolute atomic E-state index is 0.379. The number of para-hydroxylation sites is 1. The van der Waals surface area contributed by atoms with E-state index in [0.29, 0.717) is 27.4 Å². The van der Waals surface area contributed by atoms with Gasteiger partial charge in [0.15, 0.2) is 0 Å². The van der Waals surface area contributed by atoms with Gasteiger partial charge in [-0.05, 0) is 42.8 Å². The molecule has 6 nitrogen and oxygen atoms in total. The van der Waals surface area contributed by atoms with Crippen LogP contribution in [0.2, 0.25) is 5.02 Å². The Bertz CT molecular complexity index is 1300. The SMILES string of the molecule is Cc1c(Cl)cccc1-c1ccc(C=Nn2c(=O)[nH]c3ccccc3c2=O)o1. The lowest BCUT2D eigenvalue weighted by Gasteiger charge is -2.03. The van der Waals surface area contributed by atoms with E-state index in [1.54, 1.807) is 36.4 Å². The highest BCUT2D eigenvalue weighted by Gasteiger charge is 2.09. The van der Waals surface area contributed by atoms with Crippen LogP contribution in [-0.4, -0.2) is 15.9 Å². The summed E-state index contributed by atoms with van der Waals surface area (Å²) in [7, 11) is 0. The highest BCUT2D eigenvalue weighted by Crippen LogP contribution is 2.29. The fraction of sp³-hybridized carbons (Fsp3) is 0.0500. The highest BCUT2D eigenvalue weighted by molar-refractivity contribution is 6.31. The lowest BCUT2D eigenvalue weighted by Crippen LogP contribution is -2.32. The summed E-state index contributed by atoms with van der Waals surface area (Å²) in [6.07, 6.45) is 1.33. The molecule has 0 spiro atoms. The maximum atomic E-state index is 12.5. The third kappa shape index (κ3) is 3.11. The van der Waals surface area contributed by atoms with Crippen LogP contribution in [0.3, 0.4) is 0 Å². The number of nitrogens with zero attached hydrogens (tertiary/aromatic N) is 2. The van der Waals surface area contributed by atoms with E-state index in [1.807, 2.05) is 25.1 Å². The standard InChI is InChI=1S/C20H14ClN3O3/c1-12-14(6-4-7-16(12)21)18-10-9-13(27-18)11-22-24-19(25)15-5-2-3-8-17(15)23-20(24)26/h2-11H,1H3,(H,23,26). The molecule has 0 atom stereocenters. The Labute approximate surface area is 158 Å². The van der Waals surface area contributed by atoms with Gasteiger partial charge in [-0.2, -0.15) is 5.10 Å². The molecule has 2 aromatic heterocycles. The summed E-state index contributed by atoms with van der Waals surface area (Å²) < 4.78 is 6.53. The molecule has 4 rings (SSSR count). The molecule has 27 heavy (non-hydrogen) atoms.